The molecule has 0 spiro atoms. The van der Waals surface area contributed by atoms with Crippen LogP contribution >= 0.6 is 0 Å². The first-order valence-electron chi connectivity index (χ1n) is 6.84. The van der Waals surface area contributed by atoms with Crippen LogP contribution in [-0.4, -0.2) is 17.9 Å². The minimum atomic E-state index is -0.370. The average molecular weight is 260 g/mol. The molecule has 2 rings (SSSR count). The van der Waals surface area contributed by atoms with E-state index in [1.807, 2.05) is 24.3 Å². The van der Waals surface area contributed by atoms with Gasteiger partial charge in [0.2, 0.25) is 11.8 Å². The van der Waals surface area contributed by atoms with Gasteiger partial charge in [0.05, 0.1) is 5.92 Å². The summed E-state index contributed by atoms with van der Waals surface area (Å²) in [5, 5.41) is 5.84. The lowest BCUT2D eigenvalue weighted by Gasteiger charge is -2.26. The molecule has 1 heterocycles. The van der Waals surface area contributed by atoms with E-state index in [1.54, 1.807) is 0 Å². The Labute approximate surface area is 113 Å². The van der Waals surface area contributed by atoms with Gasteiger partial charge in [-0.15, -0.1) is 0 Å². The molecule has 102 valence electrons. The normalized spacial score (nSPS) is 17.8. The Morgan fingerprint density at radius 2 is 2.05 bits per heavy atom. The molecule has 1 aromatic carbocycles. The van der Waals surface area contributed by atoms with Crippen LogP contribution in [0.25, 0.3) is 0 Å². The molecule has 2 N–H and O–H groups in total. The summed E-state index contributed by atoms with van der Waals surface area (Å²) in [4.78, 5) is 24.0. The van der Waals surface area contributed by atoms with Crippen LogP contribution in [0.5, 0.6) is 0 Å². The fourth-order valence-corrected chi connectivity index (χ4v) is 2.44. The highest BCUT2D eigenvalue weighted by Gasteiger charge is 2.30. The highest BCUT2D eigenvalue weighted by molar-refractivity contribution is 6.01. The largest absolute Gasteiger partial charge is 0.353 e. The Balaban J connectivity index is 2.20. The molecule has 0 aromatic heterocycles. The summed E-state index contributed by atoms with van der Waals surface area (Å²) in [6.07, 6.45) is 2.04. The van der Waals surface area contributed by atoms with Crippen molar-refractivity contribution in [3.63, 3.8) is 0 Å². The molecule has 2 amide bonds. The van der Waals surface area contributed by atoms with Gasteiger partial charge >= 0.3 is 0 Å². The van der Waals surface area contributed by atoms with Crippen LogP contribution in [0.2, 0.25) is 0 Å². The second-order valence-corrected chi connectivity index (χ2v) is 4.91. The molecule has 0 saturated heterocycles. The molecule has 1 unspecified atom stereocenters. The molecule has 0 bridgehead atoms. The van der Waals surface area contributed by atoms with Crippen molar-refractivity contribution in [2.75, 3.05) is 5.32 Å². The second kappa shape index (κ2) is 5.87. The van der Waals surface area contributed by atoms with E-state index in [1.165, 1.54) is 0 Å². The third-order valence-corrected chi connectivity index (χ3v) is 3.65. The zero-order valence-electron chi connectivity index (χ0n) is 11.4. The Morgan fingerprint density at radius 3 is 2.74 bits per heavy atom. The first-order chi connectivity index (χ1) is 9.15. The van der Waals surface area contributed by atoms with Gasteiger partial charge < -0.3 is 10.6 Å². The van der Waals surface area contributed by atoms with Crippen LogP contribution < -0.4 is 10.6 Å². The molecule has 1 aliphatic heterocycles. The smallest absolute Gasteiger partial charge is 0.228 e. The molecule has 1 atom stereocenters. The molecular weight excluding hydrogens is 240 g/mol. The van der Waals surface area contributed by atoms with Gasteiger partial charge in [-0.25, -0.2) is 0 Å². The van der Waals surface area contributed by atoms with Crippen LogP contribution in [0, 0.1) is 0 Å². The maximum absolute atomic E-state index is 12.3. The minimum Gasteiger partial charge on any atom is -0.353 e. The summed E-state index contributed by atoms with van der Waals surface area (Å²) in [5.74, 6) is -0.509. The zero-order chi connectivity index (χ0) is 13.8. The van der Waals surface area contributed by atoms with Gasteiger partial charge in [-0.2, -0.15) is 0 Å². The van der Waals surface area contributed by atoms with Gasteiger partial charge in [0.1, 0.15) is 0 Å². The minimum absolute atomic E-state index is 0.0454. The Hall–Kier alpha value is -1.84. The highest BCUT2D eigenvalue weighted by atomic mass is 16.2. The van der Waals surface area contributed by atoms with Crippen molar-refractivity contribution in [3.05, 3.63) is 29.8 Å². The Kier molecular flexibility index (Phi) is 4.20. The van der Waals surface area contributed by atoms with Gasteiger partial charge in [0.15, 0.2) is 0 Å². The molecular formula is C15H20N2O2. The Bertz CT molecular complexity index is 481. The van der Waals surface area contributed by atoms with Crippen LogP contribution in [0.3, 0.4) is 0 Å². The fraction of sp³-hybridized carbons (Fsp3) is 0.467. The number of amides is 2. The number of para-hydroxylation sites is 1. The van der Waals surface area contributed by atoms with E-state index in [0.29, 0.717) is 0 Å². The third-order valence-electron chi connectivity index (χ3n) is 3.65. The van der Waals surface area contributed by atoms with Crippen LogP contribution in [0.15, 0.2) is 24.3 Å². The van der Waals surface area contributed by atoms with E-state index in [2.05, 4.69) is 24.5 Å². The van der Waals surface area contributed by atoms with Crippen LogP contribution in [0.1, 0.15) is 44.6 Å². The molecule has 19 heavy (non-hydrogen) atoms. The first kappa shape index (κ1) is 13.6. The summed E-state index contributed by atoms with van der Waals surface area (Å²) in [7, 11) is 0. The van der Waals surface area contributed by atoms with E-state index in [0.717, 1.165) is 24.1 Å². The molecule has 4 nitrogen and oxygen atoms in total. The summed E-state index contributed by atoms with van der Waals surface area (Å²) in [6, 6.07) is 7.69. The fourth-order valence-electron chi connectivity index (χ4n) is 2.44. The van der Waals surface area contributed by atoms with E-state index < -0.39 is 0 Å². The Morgan fingerprint density at radius 1 is 1.37 bits per heavy atom. The second-order valence-electron chi connectivity index (χ2n) is 4.91. The van der Waals surface area contributed by atoms with Crippen LogP contribution in [0.4, 0.5) is 5.69 Å². The maximum atomic E-state index is 12.3. The number of benzene rings is 1. The van der Waals surface area contributed by atoms with Crippen molar-refractivity contribution in [1.29, 1.82) is 0 Å². The zero-order valence-corrected chi connectivity index (χ0v) is 11.4. The van der Waals surface area contributed by atoms with Gasteiger partial charge in [-0.1, -0.05) is 32.0 Å². The number of hydrogen-bond acceptors (Lipinski definition) is 2. The van der Waals surface area contributed by atoms with Gasteiger partial charge in [0.25, 0.3) is 0 Å². The summed E-state index contributed by atoms with van der Waals surface area (Å²) in [5.41, 5.74) is 1.66. The molecule has 0 saturated carbocycles. The van der Waals surface area contributed by atoms with E-state index in [-0.39, 0.29) is 30.2 Å². The first-order valence-corrected chi connectivity index (χ1v) is 6.84. The monoisotopic (exact) mass is 260 g/mol. The number of rotatable bonds is 4. The number of anilines is 1. The van der Waals surface area contributed by atoms with Gasteiger partial charge in [-0.05, 0) is 24.5 Å². The molecule has 0 fully saturated rings. The predicted molar refractivity (Wildman–Crippen MR) is 74.9 cm³/mol. The van der Waals surface area contributed by atoms with Crippen molar-refractivity contribution in [1.82, 2.24) is 5.32 Å². The van der Waals surface area contributed by atoms with Crippen molar-refractivity contribution in [3.8, 4) is 0 Å². The topological polar surface area (TPSA) is 58.2 Å². The average Bonchev–Trinajstić information content (AvgIpc) is 2.43. The lowest BCUT2D eigenvalue weighted by Crippen LogP contribution is -2.40. The number of hydrogen-bond donors (Lipinski definition) is 2. The number of carbonyl (C=O) groups is 2. The van der Waals surface area contributed by atoms with Gasteiger partial charge in [-0.3, -0.25) is 9.59 Å². The van der Waals surface area contributed by atoms with E-state index >= 15 is 0 Å². The standard InChI is InChI=1S/C15H20N2O2/c1-3-10(4-2)16-15(19)12-9-14(18)17-13-8-6-5-7-11(12)13/h5-8,10,12H,3-4,9H2,1-2H3,(H,16,19)(H,17,18). The van der Waals surface area contributed by atoms with E-state index in [4.69, 9.17) is 0 Å². The number of nitrogens with one attached hydrogen (secondary N) is 2. The van der Waals surface area contributed by atoms with Crippen molar-refractivity contribution in [2.24, 2.45) is 0 Å². The SMILES string of the molecule is CCC(CC)NC(=O)C1CC(=O)Nc2ccccc21. The molecule has 1 aromatic rings. The van der Waals surface area contributed by atoms with Crippen LogP contribution in [-0.2, 0) is 9.59 Å². The summed E-state index contributed by atoms with van der Waals surface area (Å²) >= 11 is 0. The maximum Gasteiger partial charge on any atom is 0.228 e. The quantitative estimate of drug-likeness (QED) is 0.873. The summed E-state index contributed by atoms with van der Waals surface area (Å²) in [6.45, 7) is 4.10. The lowest BCUT2D eigenvalue weighted by molar-refractivity contribution is -0.126. The van der Waals surface area contributed by atoms with Crippen molar-refractivity contribution in [2.45, 2.75) is 45.1 Å². The molecule has 4 heteroatoms. The van der Waals surface area contributed by atoms with E-state index in [9.17, 15) is 9.59 Å². The molecule has 0 radical (unpaired) electrons. The predicted octanol–water partition coefficient (Wildman–Crippen LogP) is 2.42. The third kappa shape index (κ3) is 2.95. The lowest BCUT2D eigenvalue weighted by atomic mass is 9.89. The molecule has 1 aliphatic rings. The van der Waals surface area contributed by atoms with Crippen molar-refractivity contribution >= 4 is 17.5 Å². The molecule has 0 aliphatic carbocycles. The number of carbonyl (C=O) groups excluding carboxylic acids is 2. The highest BCUT2D eigenvalue weighted by Crippen LogP contribution is 2.32. The van der Waals surface area contributed by atoms with Gasteiger partial charge in [0, 0.05) is 18.2 Å². The van der Waals surface area contributed by atoms with Crippen molar-refractivity contribution < 1.29 is 9.59 Å². The summed E-state index contributed by atoms with van der Waals surface area (Å²) < 4.78 is 0. The number of fused-ring (bicyclic) bond motifs is 1.